The summed E-state index contributed by atoms with van der Waals surface area (Å²) in [6, 6.07) is 0. The van der Waals surface area contributed by atoms with Crippen LogP contribution in [0.3, 0.4) is 0 Å². The van der Waals surface area contributed by atoms with E-state index in [9.17, 15) is 0 Å². The summed E-state index contributed by atoms with van der Waals surface area (Å²) in [4.78, 5) is 0. The van der Waals surface area contributed by atoms with Crippen LogP contribution in [-0.2, 0) is 23.2 Å². The Balaban J connectivity index is 0.000000709. The molecule has 2 fully saturated rings. The fourth-order valence-corrected chi connectivity index (χ4v) is 20.4. The van der Waals surface area contributed by atoms with Crippen molar-refractivity contribution in [2.24, 2.45) is 0 Å². The van der Waals surface area contributed by atoms with Crippen molar-refractivity contribution >= 4 is 16.5 Å². The predicted molar refractivity (Wildman–Crippen MR) is 148 cm³/mol. The second-order valence-electron chi connectivity index (χ2n) is 11.3. The summed E-state index contributed by atoms with van der Waals surface area (Å²) in [6.45, 7) is 20.3. The molecular weight excluding hydrogens is 512 g/mol. The second-order valence-corrected chi connectivity index (χ2v) is 23.5. The average Bonchev–Trinajstić information content (AvgIpc) is 3.51. The van der Waals surface area contributed by atoms with Crippen LogP contribution in [0, 0.1) is 0 Å². The first-order valence-electron chi connectivity index (χ1n) is 13.9. The van der Waals surface area contributed by atoms with Gasteiger partial charge in [-0.05, 0) is 0 Å². The molecule has 2 nitrogen and oxygen atoms in total. The van der Waals surface area contributed by atoms with Gasteiger partial charge in [0.05, 0.1) is 0 Å². The molecule has 2 saturated heterocycles. The van der Waals surface area contributed by atoms with E-state index in [2.05, 4.69) is 73.5 Å². The summed E-state index contributed by atoms with van der Waals surface area (Å²) >= 11 is -0.657. The maximum absolute atomic E-state index is 2.91. The van der Waals surface area contributed by atoms with E-state index in [1.54, 1.807) is 0 Å². The Hall–Kier alpha value is 0.197. The molecule has 0 bridgehead atoms. The van der Waals surface area contributed by atoms with Crippen LogP contribution in [-0.4, -0.2) is 51.8 Å². The monoisotopic (exact) mass is 560 g/mol. The van der Waals surface area contributed by atoms with Crippen molar-refractivity contribution in [3.8, 4) is 0 Å². The van der Waals surface area contributed by atoms with Crippen LogP contribution in [0.1, 0.15) is 78.1 Å². The van der Waals surface area contributed by atoms with Crippen LogP contribution in [0.2, 0.25) is 26.2 Å². The van der Waals surface area contributed by atoms with Gasteiger partial charge in [0.1, 0.15) is 0 Å². The summed E-state index contributed by atoms with van der Waals surface area (Å²) in [7, 11) is -2.96. The van der Waals surface area contributed by atoms with Crippen molar-refractivity contribution in [3.05, 3.63) is 41.3 Å². The Labute approximate surface area is 219 Å². The first-order valence-corrected chi connectivity index (χ1v) is 22.2. The number of unbranched alkanes of at least 4 members (excludes halogenated alkanes) is 1. The average molecular weight is 562 g/mol. The molecule has 0 aromatic carbocycles. The number of hydrogen-bond donors (Lipinski definition) is 0. The molecule has 2 aliphatic carbocycles. The van der Waals surface area contributed by atoms with Crippen molar-refractivity contribution in [2.45, 2.75) is 104 Å². The summed E-state index contributed by atoms with van der Waals surface area (Å²) in [6.07, 6.45) is 23.8. The summed E-state index contributed by atoms with van der Waals surface area (Å²) in [5.41, 5.74) is 0. The van der Waals surface area contributed by atoms with Crippen LogP contribution < -0.4 is 0 Å². The molecule has 4 aliphatic rings. The normalized spacial score (nSPS) is 22.7. The van der Waals surface area contributed by atoms with Crippen LogP contribution in [0.15, 0.2) is 41.3 Å². The molecule has 4 rings (SSSR count). The van der Waals surface area contributed by atoms with Gasteiger partial charge in [-0.15, -0.1) is 0 Å². The Morgan fingerprint density at radius 2 is 1.00 bits per heavy atom. The molecule has 0 atom stereocenters. The third kappa shape index (κ3) is 6.91. The van der Waals surface area contributed by atoms with E-state index in [1.807, 2.05) is 17.0 Å². The molecule has 0 saturated carbocycles. The van der Waals surface area contributed by atoms with Gasteiger partial charge >= 0.3 is 194 Å². The Morgan fingerprint density at radius 3 is 1.33 bits per heavy atom. The zero-order valence-corrected chi connectivity index (χ0v) is 27.1. The molecule has 0 spiro atoms. The Morgan fingerprint density at radius 1 is 0.636 bits per heavy atom. The molecule has 184 valence electrons. The predicted octanol–water partition coefficient (Wildman–Crippen LogP) is 7.76. The number of rotatable bonds is 7. The van der Waals surface area contributed by atoms with Crippen molar-refractivity contribution < 1.29 is 23.2 Å². The zero-order valence-electron chi connectivity index (χ0n) is 22.6. The van der Waals surface area contributed by atoms with Gasteiger partial charge in [0, 0.05) is 0 Å². The molecule has 0 amide bonds. The van der Waals surface area contributed by atoms with E-state index < -0.39 is 39.7 Å². The number of hydrogen-bond acceptors (Lipinski definition) is 2. The van der Waals surface area contributed by atoms with Crippen LogP contribution in [0.5, 0.6) is 0 Å². The fraction of sp³-hybridized carbons (Fsp3) is 0.714. The number of piperidine rings is 2. The SMILES string of the molecule is CCCC.C[Si](C)(C1=[C]([Zr][C]2=C([Si](C)(C)N3CCCCC3)C=CC2)CC=C1)N1CCCCC1. The van der Waals surface area contributed by atoms with E-state index >= 15 is 0 Å². The second kappa shape index (κ2) is 12.9. The van der Waals surface area contributed by atoms with E-state index in [4.69, 9.17) is 0 Å². The minimum atomic E-state index is -1.48. The van der Waals surface area contributed by atoms with Gasteiger partial charge in [0.15, 0.2) is 0 Å². The molecule has 0 N–H and O–H groups in total. The maximum atomic E-state index is 2.91. The van der Waals surface area contributed by atoms with Gasteiger partial charge in [-0.3, -0.25) is 0 Å². The van der Waals surface area contributed by atoms with Crippen LogP contribution in [0.4, 0.5) is 0 Å². The first-order chi connectivity index (χ1) is 15.8. The molecule has 0 radical (unpaired) electrons. The Kier molecular flexibility index (Phi) is 10.9. The van der Waals surface area contributed by atoms with Crippen LogP contribution >= 0.6 is 0 Å². The van der Waals surface area contributed by atoms with Crippen molar-refractivity contribution in [2.75, 3.05) is 26.2 Å². The standard InChI is InChI=1S/2C12H20NSi.C4H10.Zr/c2*1-14(2,12-8-4-5-9-12)13-10-6-3-7-11-13;1-3-4-2;/h2*4,8H,3,5-7,10-11H2,1-2H3;3-4H2,1-2H3;. The molecule has 5 heteroatoms. The molecule has 0 aromatic rings. The van der Waals surface area contributed by atoms with E-state index in [0.29, 0.717) is 0 Å². The van der Waals surface area contributed by atoms with Crippen molar-refractivity contribution in [3.63, 3.8) is 0 Å². The third-order valence-corrected chi connectivity index (χ3v) is 20.9. The Bertz CT molecular complexity index is 703. The summed E-state index contributed by atoms with van der Waals surface area (Å²) < 4.78 is 9.68. The van der Waals surface area contributed by atoms with Gasteiger partial charge in [0.2, 0.25) is 0 Å². The quantitative estimate of drug-likeness (QED) is 0.293. The van der Waals surface area contributed by atoms with Gasteiger partial charge in [-0.2, -0.15) is 0 Å². The molecule has 33 heavy (non-hydrogen) atoms. The topological polar surface area (TPSA) is 6.48 Å². The van der Waals surface area contributed by atoms with Gasteiger partial charge < -0.3 is 0 Å². The zero-order chi connectivity index (χ0) is 23.9. The first kappa shape index (κ1) is 27.8. The van der Waals surface area contributed by atoms with Gasteiger partial charge in [-0.25, -0.2) is 0 Å². The summed E-state index contributed by atoms with van der Waals surface area (Å²) in [5, 5.41) is 3.67. The van der Waals surface area contributed by atoms with E-state index in [0.717, 1.165) is 0 Å². The van der Waals surface area contributed by atoms with Crippen molar-refractivity contribution in [1.29, 1.82) is 0 Å². The number of nitrogens with zero attached hydrogens (tertiary/aromatic N) is 2. The molecule has 2 aliphatic heterocycles. The minimum absolute atomic E-state index is 0.657. The van der Waals surface area contributed by atoms with Gasteiger partial charge in [0.25, 0.3) is 0 Å². The van der Waals surface area contributed by atoms with E-state index in [-0.39, 0.29) is 0 Å². The van der Waals surface area contributed by atoms with E-state index in [1.165, 1.54) is 90.4 Å². The van der Waals surface area contributed by atoms with Crippen LogP contribution in [0.25, 0.3) is 0 Å². The fourth-order valence-electron chi connectivity index (χ4n) is 5.82. The van der Waals surface area contributed by atoms with Crippen molar-refractivity contribution in [1.82, 2.24) is 9.13 Å². The molecule has 2 heterocycles. The molecular formula is C28H50N2Si2Zr. The molecule has 0 unspecified atom stereocenters. The van der Waals surface area contributed by atoms with Gasteiger partial charge in [-0.1, -0.05) is 26.7 Å². The third-order valence-electron chi connectivity index (χ3n) is 8.28. The number of allylic oxidation sites excluding steroid dienone is 8. The molecule has 0 aromatic heterocycles. The summed E-state index contributed by atoms with van der Waals surface area (Å²) in [5.74, 6) is 0.